The van der Waals surface area contributed by atoms with Crippen molar-refractivity contribution in [3.8, 4) is 5.75 Å². The second-order valence-electron chi connectivity index (χ2n) is 8.41. The normalized spacial score (nSPS) is 11.3. The third-order valence-electron chi connectivity index (χ3n) is 5.38. The number of nitrogens with one attached hydrogen (secondary N) is 3. The van der Waals surface area contributed by atoms with Crippen molar-refractivity contribution < 1.29 is 27.5 Å². The molecule has 0 heterocycles. The highest BCUT2D eigenvalue weighted by Crippen LogP contribution is 2.26. The van der Waals surface area contributed by atoms with Crippen LogP contribution in [-0.4, -0.2) is 45.5 Å². The lowest BCUT2D eigenvalue weighted by molar-refractivity contribution is -0.119. The molecule has 0 aliphatic heterocycles. The van der Waals surface area contributed by atoms with Crippen molar-refractivity contribution in [1.29, 1.82) is 0 Å². The van der Waals surface area contributed by atoms with Crippen LogP contribution in [0.2, 0.25) is 0 Å². The van der Waals surface area contributed by atoms with E-state index in [2.05, 4.69) is 21.2 Å². The molecule has 3 N–H and O–H groups in total. The van der Waals surface area contributed by atoms with Crippen LogP contribution in [0.4, 0.5) is 17.1 Å². The molecule has 3 aromatic carbocycles. The van der Waals surface area contributed by atoms with Crippen molar-refractivity contribution in [1.82, 2.24) is 5.43 Å². The van der Waals surface area contributed by atoms with Gasteiger partial charge in [-0.05, 0) is 73.2 Å². The Labute approximate surface area is 226 Å². The smallest absolute Gasteiger partial charge is 0.264 e. The van der Waals surface area contributed by atoms with E-state index in [1.54, 1.807) is 43.3 Å². The first-order chi connectivity index (χ1) is 18.5. The van der Waals surface area contributed by atoms with Crippen LogP contribution >= 0.6 is 0 Å². The molecule has 39 heavy (non-hydrogen) atoms. The number of hydrogen-bond donors (Lipinski definition) is 3. The number of amides is 3. The zero-order valence-corrected chi connectivity index (χ0v) is 22.7. The van der Waals surface area contributed by atoms with E-state index in [4.69, 9.17) is 4.74 Å². The lowest BCUT2D eigenvalue weighted by Gasteiger charge is -2.24. The molecule has 11 nitrogen and oxygen atoms in total. The van der Waals surface area contributed by atoms with Gasteiger partial charge in [0.25, 0.3) is 15.9 Å². The van der Waals surface area contributed by atoms with E-state index in [9.17, 15) is 22.8 Å². The molecule has 12 heteroatoms. The van der Waals surface area contributed by atoms with Gasteiger partial charge in [-0.3, -0.25) is 18.7 Å². The number of carbonyl (C=O) groups is 3. The second kappa shape index (κ2) is 12.7. The summed E-state index contributed by atoms with van der Waals surface area (Å²) >= 11 is 0. The van der Waals surface area contributed by atoms with Gasteiger partial charge >= 0.3 is 0 Å². The lowest BCUT2D eigenvalue weighted by Crippen LogP contribution is -2.39. The monoisotopic (exact) mass is 551 g/mol. The van der Waals surface area contributed by atoms with Gasteiger partial charge in [0.15, 0.2) is 0 Å². The average Bonchev–Trinajstić information content (AvgIpc) is 2.90. The van der Waals surface area contributed by atoms with Crippen LogP contribution in [0.15, 0.2) is 82.8 Å². The number of carbonyl (C=O) groups excluding carboxylic acids is 3. The van der Waals surface area contributed by atoms with Crippen molar-refractivity contribution in [2.24, 2.45) is 5.10 Å². The van der Waals surface area contributed by atoms with Gasteiger partial charge in [0.1, 0.15) is 12.3 Å². The molecule has 0 bridgehead atoms. The van der Waals surface area contributed by atoms with E-state index < -0.39 is 22.5 Å². The maximum Gasteiger partial charge on any atom is 0.264 e. The number of hydrazone groups is 1. The minimum Gasteiger partial charge on any atom is -0.497 e. The Morgan fingerprint density at radius 2 is 1.31 bits per heavy atom. The van der Waals surface area contributed by atoms with Crippen molar-refractivity contribution in [2.75, 3.05) is 28.6 Å². The SMILES string of the molecule is COc1ccc(N(CC(=O)N/N=C(/C)c2ccc(NC(C)=O)cc2)S(=O)(=O)c2ccc(NC(C)=O)cc2)cc1. The highest BCUT2D eigenvalue weighted by atomic mass is 32.2. The maximum absolute atomic E-state index is 13.6. The van der Waals surface area contributed by atoms with Crippen molar-refractivity contribution in [3.63, 3.8) is 0 Å². The molecular formula is C27H29N5O6S. The predicted molar refractivity (Wildman–Crippen MR) is 149 cm³/mol. The number of anilines is 3. The summed E-state index contributed by atoms with van der Waals surface area (Å²) in [5.41, 5.74) is 4.88. The fraction of sp³-hybridized carbons (Fsp3) is 0.185. The molecular weight excluding hydrogens is 522 g/mol. The lowest BCUT2D eigenvalue weighted by atomic mass is 10.1. The van der Waals surface area contributed by atoms with Crippen LogP contribution in [-0.2, 0) is 24.4 Å². The number of methoxy groups -OCH3 is 1. The van der Waals surface area contributed by atoms with Crippen LogP contribution in [0.25, 0.3) is 0 Å². The fourth-order valence-corrected chi connectivity index (χ4v) is 4.90. The zero-order chi connectivity index (χ0) is 28.6. The van der Waals surface area contributed by atoms with Gasteiger partial charge in [-0.2, -0.15) is 5.10 Å². The van der Waals surface area contributed by atoms with Crippen LogP contribution in [0.1, 0.15) is 26.3 Å². The van der Waals surface area contributed by atoms with Crippen LogP contribution in [0, 0.1) is 0 Å². The van der Waals surface area contributed by atoms with E-state index in [0.717, 1.165) is 4.31 Å². The molecule has 0 aliphatic carbocycles. The molecule has 0 spiro atoms. The number of rotatable bonds is 10. The Morgan fingerprint density at radius 3 is 1.79 bits per heavy atom. The molecule has 0 aliphatic rings. The quantitative estimate of drug-likeness (QED) is 0.260. The summed E-state index contributed by atoms with van der Waals surface area (Å²) < 4.78 is 33.3. The number of ether oxygens (including phenoxy) is 1. The molecule has 0 radical (unpaired) electrons. The van der Waals surface area contributed by atoms with Gasteiger partial charge in [-0.1, -0.05) is 12.1 Å². The van der Waals surface area contributed by atoms with Crippen molar-refractivity contribution >= 4 is 50.5 Å². The Morgan fingerprint density at radius 1 is 0.795 bits per heavy atom. The Balaban J connectivity index is 1.83. The molecule has 0 unspecified atom stereocenters. The van der Waals surface area contributed by atoms with E-state index >= 15 is 0 Å². The van der Waals surface area contributed by atoms with E-state index in [0.29, 0.717) is 28.4 Å². The number of hydrogen-bond acceptors (Lipinski definition) is 7. The molecule has 0 aromatic heterocycles. The third-order valence-corrected chi connectivity index (χ3v) is 7.17. The molecule has 3 amide bonds. The Bertz CT molecular complexity index is 1470. The second-order valence-corrected chi connectivity index (χ2v) is 10.3. The summed E-state index contributed by atoms with van der Waals surface area (Å²) in [6.45, 7) is 3.88. The zero-order valence-electron chi connectivity index (χ0n) is 21.9. The summed E-state index contributed by atoms with van der Waals surface area (Å²) in [5, 5.41) is 9.35. The van der Waals surface area contributed by atoms with Gasteiger partial charge in [0.2, 0.25) is 11.8 Å². The topological polar surface area (TPSA) is 146 Å². The predicted octanol–water partition coefficient (Wildman–Crippen LogP) is 3.35. The molecule has 3 rings (SSSR count). The minimum absolute atomic E-state index is 0.0702. The first-order valence-corrected chi connectivity index (χ1v) is 13.2. The van der Waals surface area contributed by atoms with E-state index in [1.165, 1.54) is 57.4 Å². The molecule has 0 fully saturated rings. The summed E-state index contributed by atoms with van der Waals surface area (Å²) in [4.78, 5) is 35.3. The van der Waals surface area contributed by atoms with Crippen LogP contribution in [0.3, 0.4) is 0 Å². The number of benzene rings is 3. The largest absolute Gasteiger partial charge is 0.497 e. The molecule has 0 saturated heterocycles. The van der Waals surface area contributed by atoms with Gasteiger partial charge in [-0.25, -0.2) is 13.8 Å². The maximum atomic E-state index is 13.6. The highest BCUT2D eigenvalue weighted by Gasteiger charge is 2.27. The van der Waals surface area contributed by atoms with Crippen molar-refractivity contribution in [2.45, 2.75) is 25.7 Å². The Kier molecular flexibility index (Phi) is 9.39. The Hall–Kier alpha value is -4.71. The van der Waals surface area contributed by atoms with Crippen LogP contribution < -0.4 is 25.1 Å². The molecule has 3 aromatic rings. The summed E-state index contributed by atoms with van der Waals surface area (Å²) in [6.07, 6.45) is 0. The van der Waals surface area contributed by atoms with E-state index in [-0.39, 0.29) is 22.4 Å². The summed E-state index contributed by atoms with van der Waals surface area (Å²) in [6, 6.07) is 18.7. The van der Waals surface area contributed by atoms with Gasteiger partial charge in [-0.15, -0.1) is 0 Å². The molecule has 0 saturated carbocycles. The third kappa shape index (κ3) is 7.89. The molecule has 204 valence electrons. The minimum atomic E-state index is -4.18. The summed E-state index contributed by atoms with van der Waals surface area (Å²) in [7, 11) is -2.70. The van der Waals surface area contributed by atoms with Gasteiger partial charge in [0, 0.05) is 25.2 Å². The highest BCUT2D eigenvalue weighted by molar-refractivity contribution is 7.92. The summed E-state index contributed by atoms with van der Waals surface area (Å²) in [5.74, 6) is -0.634. The van der Waals surface area contributed by atoms with Gasteiger partial charge < -0.3 is 15.4 Å². The van der Waals surface area contributed by atoms with Gasteiger partial charge in [0.05, 0.1) is 23.4 Å². The van der Waals surface area contributed by atoms with Crippen molar-refractivity contribution in [3.05, 3.63) is 78.4 Å². The van der Waals surface area contributed by atoms with Crippen LogP contribution in [0.5, 0.6) is 5.75 Å². The number of sulfonamides is 1. The van der Waals surface area contributed by atoms with E-state index in [1.807, 2.05) is 0 Å². The number of nitrogens with zero attached hydrogens (tertiary/aromatic N) is 2. The first-order valence-electron chi connectivity index (χ1n) is 11.7. The first kappa shape index (κ1) is 28.9. The molecule has 0 atom stereocenters. The standard InChI is InChI=1S/C27H29N5O6S/c1-18(21-5-7-22(8-6-21)28-19(2)33)30-31-27(35)17-32(24-11-13-25(38-4)14-12-24)39(36,37)26-15-9-23(10-16-26)29-20(3)34/h5-16H,17H2,1-4H3,(H,28,33)(H,29,34)(H,31,35)/b30-18-. The fourth-order valence-electron chi connectivity index (χ4n) is 3.48. The average molecular weight is 552 g/mol.